The van der Waals surface area contributed by atoms with Crippen molar-refractivity contribution in [3.05, 3.63) is 56.7 Å². The summed E-state index contributed by atoms with van der Waals surface area (Å²) in [5.74, 6) is -0.330. The van der Waals surface area contributed by atoms with E-state index in [1.54, 1.807) is 0 Å². The number of aliphatic hydroxyl groups excluding tert-OH is 1. The fourth-order valence-corrected chi connectivity index (χ4v) is 4.31. The number of likely N-dealkylation sites (N-methyl/N-ethyl adjacent to an activating group) is 1. The number of likely N-dealkylation sites (tertiary alicyclic amines) is 1. The maximum absolute atomic E-state index is 12.8. The molecular formula is C21H20BrNO5. The zero-order valence-electron chi connectivity index (χ0n) is 15.2. The zero-order chi connectivity index (χ0) is 20.0. The van der Waals surface area contributed by atoms with Crippen molar-refractivity contribution in [1.29, 1.82) is 0 Å². The summed E-state index contributed by atoms with van der Waals surface area (Å²) in [4.78, 5) is 14.8. The molecule has 0 radical (unpaired) electrons. The van der Waals surface area contributed by atoms with Gasteiger partial charge in [0, 0.05) is 39.7 Å². The van der Waals surface area contributed by atoms with Crippen molar-refractivity contribution in [2.24, 2.45) is 0 Å². The second-order valence-corrected chi connectivity index (χ2v) is 8.06. The molecule has 0 unspecified atom stereocenters. The van der Waals surface area contributed by atoms with Crippen LogP contribution in [0.1, 0.15) is 17.9 Å². The van der Waals surface area contributed by atoms with E-state index in [1.807, 2.05) is 36.2 Å². The van der Waals surface area contributed by atoms with Gasteiger partial charge in [-0.3, -0.25) is 4.79 Å². The first-order valence-corrected chi connectivity index (χ1v) is 9.79. The second kappa shape index (κ2) is 7.24. The minimum atomic E-state index is -0.384. The molecule has 7 heteroatoms. The Morgan fingerprint density at radius 2 is 1.89 bits per heavy atom. The summed E-state index contributed by atoms with van der Waals surface area (Å²) >= 11 is 3.38. The van der Waals surface area contributed by atoms with Crippen molar-refractivity contribution in [3.8, 4) is 22.8 Å². The highest BCUT2D eigenvalue weighted by atomic mass is 79.9. The molecule has 2 atom stereocenters. The summed E-state index contributed by atoms with van der Waals surface area (Å²) in [5.41, 5.74) is 0.942. The first-order chi connectivity index (χ1) is 13.4. The molecule has 0 aliphatic carbocycles. The van der Waals surface area contributed by atoms with Crippen LogP contribution in [0.15, 0.2) is 50.1 Å². The normalized spacial score (nSPS) is 20.1. The van der Waals surface area contributed by atoms with Crippen molar-refractivity contribution in [3.63, 3.8) is 0 Å². The van der Waals surface area contributed by atoms with Gasteiger partial charge in [-0.25, -0.2) is 0 Å². The highest BCUT2D eigenvalue weighted by Gasteiger charge is 2.36. The molecule has 6 nitrogen and oxygen atoms in total. The van der Waals surface area contributed by atoms with Crippen molar-refractivity contribution in [2.45, 2.75) is 18.4 Å². The van der Waals surface area contributed by atoms with E-state index in [1.165, 1.54) is 12.1 Å². The van der Waals surface area contributed by atoms with Crippen molar-refractivity contribution in [2.75, 3.05) is 20.2 Å². The van der Waals surface area contributed by atoms with Gasteiger partial charge in [0.1, 0.15) is 28.2 Å². The van der Waals surface area contributed by atoms with Crippen LogP contribution in [0.25, 0.3) is 22.3 Å². The van der Waals surface area contributed by atoms with Crippen molar-refractivity contribution in [1.82, 2.24) is 4.90 Å². The van der Waals surface area contributed by atoms with E-state index < -0.39 is 0 Å². The molecule has 3 N–H and O–H groups in total. The molecular weight excluding hydrogens is 426 g/mol. The van der Waals surface area contributed by atoms with Crippen LogP contribution < -0.4 is 5.43 Å². The maximum Gasteiger partial charge on any atom is 0.197 e. The minimum absolute atomic E-state index is 0.0416. The number of phenolic OH excluding ortho intramolecular Hbond substituents is 2. The van der Waals surface area contributed by atoms with Gasteiger partial charge in [0.05, 0.1) is 6.61 Å². The molecule has 2 heterocycles. The number of rotatable bonds is 3. The summed E-state index contributed by atoms with van der Waals surface area (Å²) in [6.45, 7) is 0.661. The smallest absolute Gasteiger partial charge is 0.197 e. The lowest BCUT2D eigenvalue weighted by atomic mass is 9.89. The van der Waals surface area contributed by atoms with Crippen molar-refractivity contribution < 1.29 is 19.7 Å². The topological polar surface area (TPSA) is 94.1 Å². The molecule has 1 saturated heterocycles. The van der Waals surface area contributed by atoms with Gasteiger partial charge >= 0.3 is 0 Å². The third-order valence-electron chi connectivity index (χ3n) is 5.51. The number of aliphatic hydroxyl groups is 1. The van der Waals surface area contributed by atoms with Crippen LogP contribution >= 0.6 is 15.9 Å². The van der Waals surface area contributed by atoms with Crippen molar-refractivity contribution >= 4 is 26.9 Å². The van der Waals surface area contributed by atoms with Gasteiger partial charge in [-0.15, -0.1) is 0 Å². The Kier molecular flexibility index (Phi) is 4.91. The third-order valence-corrected chi connectivity index (χ3v) is 6.04. The summed E-state index contributed by atoms with van der Waals surface area (Å²) in [6, 6.07) is 9.63. The Hall–Kier alpha value is -2.35. The molecule has 3 aromatic rings. The summed E-state index contributed by atoms with van der Waals surface area (Å²) in [7, 11) is 1.91. The predicted octanol–water partition coefficient (Wildman–Crippen LogP) is 3.41. The van der Waals surface area contributed by atoms with Gasteiger partial charge in [-0.05, 0) is 32.1 Å². The van der Waals surface area contributed by atoms with E-state index in [0.29, 0.717) is 23.3 Å². The van der Waals surface area contributed by atoms with Crippen LogP contribution in [-0.4, -0.2) is 46.5 Å². The van der Waals surface area contributed by atoms with E-state index in [4.69, 9.17) is 4.42 Å². The fraction of sp³-hybridized carbons (Fsp3) is 0.286. The lowest BCUT2D eigenvalue weighted by Gasteiger charge is -2.24. The van der Waals surface area contributed by atoms with Gasteiger partial charge in [-0.1, -0.05) is 28.1 Å². The lowest BCUT2D eigenvalue weighted by molar-refractivity contribution is 0.172. The molecule has 28 heavy (non-hydrogen) atoms. The number of fused-ring (bicyclic) bond motifs is 1. The van der Waals surface area contributed by atoms with Crippen LogP contribution in [0.5, 0.6) is 11.5 Å². The summed E-state index contributed by atoms with van der Waals surface area (Å²) in [6.07, 6.45) is 0.696. The van der Waals surface area contributed by atoms with Crippen LogP contribution in [0.2, 0.25) is 0 Å². The molecule has 1 aliphatic rings. The van der Waals surface area contributed by atoms with E-state index in [-0.39, 0.29) is 46.5 Å². The average molecular weight is 446 g/mol. The largest absolute Gasteiger partial charge is 0.507 e. The van der Waals surface area contributed by atoms with Crippen LogP contribution in [0.4, 0.5) is 0 Å². The van der Waals surface area contributed by atoms with E-state index in [2.05, 4.69) is 15.9 Å². The monoisotopic (exact) mass is 445 g/mol. The molecule has 0 saturated carbocycles. The first-order valence-electron chi connectivity index (χ1n) is 9.00. The Labute approximate surface area is 169 Å². The Morgan fingerprint density at radius 3 is 2.57 bits per heavy atom. The molecule has 1 fully saturated rings. The van der Waals surface area contributed by atoms with E-state index in [9.17, 15) is 20.1 Å². The Morgan fingerprint density at radius 1 is 1.18 bits per heavy atom. The lowest BCUT2D eigenvalue weighted by Crippen LogP contribution is -2.32. The number of benzene rings is 2. The number of nitrogens with zero attached hydrogens (tertiary/aromatic N) is 1. The second-order valence-electron chi connectivity index (χ2n) is 7.14. The van der Waals surface area contributed by atoms with E-state index in [0.717, 1.165) is 11.0 Å². The molecule has 1 aromatic heterocycles. The van der Waals surface area contributed by atoms with E-state index >= 15 is 0 Å². The highest BCUT2D eigenvalue weighted by molar-refractivity contribution is 9.10. The SMILES string of the molecule is CN1CC[C@@H](c2c(O)cc(O)c3c(=O)cc(-c4ccc(Br)cc4)oc23)[C@@H]1CO. The van der Waals surface area contributed by atoms with Gasteiger partial charge in [0.15, 0.2) is 5.43 Å². The van der Waals surface area contributed by atoms with Crippen LogP contribution in [0.3, 0.4) is 0 Å². The number of halogens is 1. The zero-order valence-corrected chi connectivity index (χ0v) is 16.8. The fourth-order valence-electron chi connectivity index (χ4n) is 4.05. The number of aromatic hydroxyl groups is 2. The third kappa shape index (κ3) is 3.09. The molecule has 4 rings (SSSR count). The van der Waals surface area contributed by atoms with Gasteiger partial charge in [-0.2, -0.15) is 0 Å². The van der Waals surface area contributed by atoms with Gasteiger partial charge in [0.2, 0.25) is 0 Å². The maximum atomic E-state index is 12.8. The number of phenols is 2. The highest BCUT2D eigenvalue weighted by Crippen LogP contribution is 2.44. The molecule has 0 bridgehead atoms. The molecule has 0 spiro atoms. The Bertz CT molecular complexity index is 1090. The van der Waals surface area contributed by atoms with Crippen LogP contribution in [-0.2, 0) is 0 Å². The minimum Gasteiger partial charge on any atom is -0.507 e. The first kappa shape index (κ1) is 19.0. The van der Waals surface area contributed by atoms with Crippen LogP contribution in [0, 0.1) is 0 Å². The standard InChI is InChI=1S/C21H20BrNO5/c1-23-7-6-13(14(23)10-24)19-15(25)8-16(26)20-17(27)9-18(28-21(19)20)11-2-4-12(22)5-3-11/h2-5,8-9,13-14,24-26H,6-7,10H2,1H3/t13-,14+/m1/s1. The van der Waals surface area contributed by atoms with Gasteiger partial charge in [0.25, 0.3) is 0 Å². The Balaban J connectivity index is 1.99. The predicted molar refractivity (Wildman–Crippen MR) is 110 cm³/mol. The summed E-state index contributed by atoms with van der Waals surface area (Å²) < 4.78 is 6.96. The molecule has 2 aromatic carbocycles. The quantitative estimate of drug-likeness (QED) is 0.571. The average Bonchev–Trinajstić information content (AvgIpc) is 3.01. The molecule has 0 amide bonds. The number of hydrogen-bond donors (Lipinski definition) is 3. The van der Waals surface area contributed by atoms with Gasteiger partial charge < -0.3 is 24.6 Å². The summed E-state index contributed by atoms with van der Waals surface area (Å²) in [5, 5.41) is 30.8. The molecule has 1 aliphatic heterocycles. The molecule has 146 valence electrons. The number of hydrogen-bond acceptors (Lipinski definition) is 6.